The van der Waals surface area contributed by atoms with Crippen molar-refractivity contribution in [3.63, 3.8) is 0 Å². The molecule has 3 aliphatic carbocycles. The average Bonchev–Trinajstić information content (AvgIpc) is 3.61. The van der Waals surface area contributed by atoms with E-state index in [1.165, 1.54) is 12.5 Å². The highest BCUT2D eigenvalue weighted by Crippen LogP contribution is 2.65. The molecular formula is C44H68BN9O8. The van der Waals surface area contributed by atoms with Crippen molar-refractivity contribution in [1.29, 1.82) is 0 Å². The van der Waals surface area contributed by atoms with E-state index >= 15 is 0 Å². The molecule has 0 radical (unpaired) electrons. The average molecular weight is 862 g/mol. The van der Waals surface area contributed by atoms with E-state index in [0.717, 1.165) is 43.2 Å². The first-order valence-corrected chi connectivity index (χ1v) is 22.1. The number of hydrogen-bond donors (Lipinski definition) is 10. The molecule has 2 aromatic rings. The number of nitrogens with one attached hydrogen (secondary N) is 5. The molecule has 1 unspecified atom stereocenters. The Balaban J connectivity index is 1.15. The third kappa shape index (κ3) is 11.4. The molecule has 17 nitrogen and oxygen atoms in total. The van der Waals surface area contributed by atoms with Crippen LogP contribution in [0.1, 0.15) is 102 Å². The molecule has 6 rings (SSSR count). The number of aryl methyl sites for hydroxylation is 1. The summed E-state index contributed by atoms with van der Waals surface area (Å²) < 4.78 is 12.6. The van der Waals surface area contributed by atoms with Crippen LogP contribution >= 0.6 is 0 Å². The lowest BCUT2D eigenvalue weighted by molar-refractivity contribution is -0.199. The number of nitrogens with two attached hydrogens (primary N) is 4. The minimum absolute atomic E-state index is 0.0193. The van der Waals surface area contributed by atoms with Gasteiger partial charge in [0.25, 0.3) is 11.8 Å². The van der Waals surface area contributed by atoms with Crippen LogP contribution in [0.15, 0.2) is 48.5 Å². The largest absolute Gasteiger partial charge is 0.497 e. The molecule has 340 valence electrons. The lowest BCUT2D eigenvalue weighted by Gasteiger charge is -2.64. The molecule has 0 aromatic heterocycles. The molecule has 5 amide bonds. The maximum atomic E-state index is 13.6. The van der Waals surface area contributed by atoms with Gasteiger partial charge in [-0.25, -0.2) is 0 Å². The molecule has 18 heteroatoms. The van der Waals surface area contributed by atoms with Crippen molar-refractivity contribution in [2.24, 2.45) is 40.2 Å². The van der Waals surface area contributed by atoms with E-state index < -0.39 is 78.7 Å². The highest BCUT2D eigenvalue weighted by Gasteiger charge is 2.68. The summed E-state index contributed by atoms with van der Waals surface area (Å²) in [7, 11) is -0.896. The van der Waals surface area contributed by atoms with E-state index in [0.29, 0.717) is 36.8 Å². The zero-order valence-corrected chi connectivity index (χ0v) is 36.8. The second-order valence-corrected chi connectivity index (χ2v) is 17.9. The first-order chi connectivity index (χ1) is 29.4. The topological polar surface area (TPSA) is 288 Å². The summed E-state index contributed by atoms with van der Waals surface area (Å²) in [6, 6.07) is 10.3. The molecule has 2 bridgehead atoms. The van der Waals surface area contributed by atoms with Crippen molar-refractivity contribution >= 4 is 36.7 Å². The van der Waals surface area contributed by atoms with Gasteiger partial charge in [-0.05, 0) is 124 Å². The molecule has 0 spiro atoms. The second-order valence-electron chi connectivity index (χ2n) is 17.9. The normalized spacial score (nSPS) is 23.9. The molecule has 4 fully saturated rings. The Hall–Kier alpha value is -4.43. The zero-order valence-electron chi connectivity index (χ0n) is 36.8. The fraction of sp³-hybridized carbons (Fsp3) is 0.614. The molecule has 4 aliphatic rings. The quantitative estimate of drug-likeness (QED) is 0.0445. The van der Waals surface area contributed by atoms with E-state index in [1.54, 1.807) is 12.1 Å². The molecule has 10 atom stereocenters. The van der Waals surface area contributed by atoms with E-state index in [2.05, 4.69) is 59.5 Å². The van der Waals surface area contributed by atoms with Gasteiger partial charge in [-0.3, -0.25) is 24.0 Å². The predicted octanol–water partition coefficient (Wildman–Crippen LogP) is 0.692. The Morgan fingerprint density at radius 3 is 2.00 bits per heavy atom. The van der Waals surface area contributed by atoms with Crippen molar-refractivity contribution in [1.82, 2.24) is 26.6 Å². The van der Waals surface area contributed by atoms with Crippen LogP contribution in [0.3, 0.4) is 0 Å². The van der Waals surface area contributed by atoms with E-state index in [1.807, 2.05) is 31.2 Å². The molecule has 1 aliphatic heterocycles. The standard InChI is InChI=1S/C44H68BN9O8/c1-6-7-10-26-12-14-27(15-13-26)28-16-18-29(19-17-28)37(56)50-32(20-22-47)38(57)52-35(25(2)55)40(59)53-36(48)41(60)51-31(11-8-9-21-46)39(58)54-42(49)45-61-34-24-30-23-33(43(30,3)4)44(34,5)62-45/h12-19,25,30-36,42,55H,6-11,20-24,46-49H2,1-5H3,(H,50,56)(H,51,60)(H,52,57)(H,53,59)(H,54,58)/t25-,30+,31+,32+,33+,34?,35+,36-,42-,44+/m1/s1. The third-order valence-corrected chi connectivity index (χ3v) is 13.1. The van der Waals surface area contributed by atoms with Gasteiger partial charge >= 0.3 is 7.12 Å². The summed E-state index contributed by atoms with van der Waals surface area (Å²) in [4.78, 5) is 67.1. The zero-order chi connectivity index (χ0) is 45.4. The van der Waals surface area contributed by atoms with E-state index in [9.17, 15) is 29.1 Å². The Kier molecular flexibility index (Phi) is 16.7. The van der Waals surface area contributed by atoms with Gasteiger partial charge in [0.15, 0.2) is 6.17 Å². The van der Waals surface area contributed by atoms with Crippen LogP contribution in [0, 0.1) is 17.3 Å². The van der Waals surface area contributed by atoms with Gasteiger partial charge in [0, 0.05) is 5.56 Å². The molecule has 2 aromatic carbocycles. The fourth-order valence-electron chi connectivity index (χ4n) is 9.11. The van der Waals surface area contributed by atoms with Crippen molar-refractivity contribution in [2.75, 3.05) is 13.1 Å². The highest BCUT2D eigenvalue weighted by atomic mass is 16.7. The minimum atomic E-state index is -1.69. The molecule has 62 heavy (non-hydrogen) atoms. The summed E-state index contributed by atoms with van der Waals surface area (Å²) in [5.74, 6) is -3.02. The van der Waals surface area contributed by atoms with Crippen LogP contribution in [-0.4, -0.2) is 103 Å². The first kappa shape index (κ1) is 48.6. The SMILES string of the molecule is CCCCc1ccc(-c2ccc(C(=O)N[C@@H](CCN)C(=O)N[C@H](C(=O)N[C@@H](N)C(=O)N[C@@H](CCCCN)C(=O)N[C@@H](N)B3OC4C[C@@H]5C[C@@H](C5(C)C)[C@]4(C)O3)[C@@H](C)O)cc2)cc1. The van der Waals surface area contributed by atoms with Crippen LogP contribution in [-0.2, 0) is 34.9 Å². The number of carbonyl (C=O) groups excluding carboxylic acids is 5. The van der Waals surface area contributed by atoms with Gasteiger partial charge in [-0.1, -0.05) is 63.6 Å². The Labute approximate surface area is 365 Å². The van der Waals surface area contributed by atoms with Gasteiger partial charge < -0.3 is 63.9 Å². The van der Waals surface area contributed by atoms with Crippen molar-refractivity contribution < 1.29 is 38.4 Å². The van der Waals surface area contributed by atoms with Gasteiger partial charge in [0.05, 0.1) is 17.8 Å². The number of benzene rings is 2. The fourth-order valence-corrected chi connectivity index (χ4v) is 9.11. The Bertz CT molecular complexity index is 1870. The van der Waals surface area contributed by atoms with Crippen LogP contribution in [0.5, 0.6) is 0 Å². The number of carbonyl (C=O) groups is 5. The summed E-state index contributed by atoms with van der Waals surface area (Å²) >= 11 is 0. The highest BCUT2D eigenvalue weighted by molar-refractivity contribution is 6.47. The van der Waals surface area contributed by atoms with E-state index in [4.69, 9.17) is 32.2 Å². The minimum Gasteiger partial charge on any atom is -0.403 e. The maximum Gasteiger partial charge on any atom is 0.497 e. The molecule has 3 saturated carbocycles. The number of unbranched alkanes of at least 4 members (excludes halogenated alkanes) is 2. The Morgan fingerprint density at radius 1 is 0.774 bits per heavy atom. The van der Waals surface area contributed by atoms with Crippen molar-refractivity contribution in [2.45, 2.75) is 141 Å². The van der Waals surface area contributed by atoms with Gasteiger partial charge in [-0.15, -0.1) is 0 Å². The monoisotopic (exact) mass is 862 g/mol. The molecule has 14 N–H and O–H groups in total. The summed E-state index contributed by atoms with van der Waals surface area (Å²) in [5, 5.41) is 23.3. The van der Waals surface area contributed by atoms with Crippen LogP contribution in [0.2, 0.25) is 0 Å². The number of amides is 5. The number of rotatable bonds is 22. The van der Waals surface area contributed by atoms with E-state index in [-0.39, 0.29) is 30.9 Å². The van der Waals surface area contributed by atoms with Crippen molar-refractivity contribution in [3.05, 3.63) is 59.7 Å². The lowest BCUT2D eigenvalue weighted by Crippen LogP contribution is -2.65. The van der Waals surface area contributed by atoms with Crippen LogP contribution in [0.4, 0.5) is 0 Å². The number of aliphatic hydroxyl groups excluding tert-OH is 1. The van der Waals surface area contributed by atoms with Crippen molar-refractivity contribution in [3.8, 4) is 11.1 Å². The lowest BCUT2D eigenvalue weighted by atomic mass is 9.43. The summed E-state index contributed by atoms with van der Waals surface area (Å²) in [6.07, 6.45) is 3.11. The molecule has 1 saturated heterocycles. The summed E-state index contributed by atoms with van der Waals surface area (Å²) in [5.41, 5.74) is 27.0. The molecule has 1 heterocycles. The maximum absolute atomic E-state index is 13.6. The predicted molar refractivity (Wildman–Crippen MR) is 236 cm³/mol. The van der Waals surface area contributed by atoms with Crippen LogP contribution in [0.25, 0.3) is 11.1 Å². The third-order valence-electron chi connectivity index (χ3n) is 13.1. The van der Waals surface area contributed by atoms with Gasteiger partial charge in [0.1, 0.15) is 24.2 Å². The second kappa shape index (κ2) is 21.3. The first-order valence-electron chi connectivity index (χ1n) is 22.1. The number of aliphatic hydroxyl groups is 1. The van der Waals surface area contributed by atoms with Gasteiger partial charge in [0.2, 0.25) is 17.7 Å². The smallest absolute Gasteiger partial charge is 0.403 e. The number of hydrogen-bond acceptors (Lipinski definition) is 12. The van der Waals surface area contributed by atoms with Gasteiger partial charge in [-0.2, -0.15) is 0 Å². The summed E-state index contributed by atoms with van der Waals surface area (Å²) in [6.45, 7) is 10.3. The Morgan fingerprint density at radius 2 is 1.40 bits per heavy atom. The molecular weight excluding hydrogens is 793 g/mol. The van der Waals surface area contributed by atoms with Crippen LogP contribution < -0.4 is 49.5 Å².